The molecule has 2 fully saturated rings. The Labute approximate surface area is 166 Å². The molecule has 0 aliphatic carbocycles. The lowest BCUT2D eigenvalue weighted by Crippen LogP contribution is -2.54. The first-order valence-electron chi connectivity index (χ1n) is 9.72. The molecule has 0 spiro atoms. The number of hydrogen-bond acceptors (Lipinski definition) is 5. The minimum atomic E-state index is -0.790. The predicted molar refractivity (Wildman–Crippen MR) is 104 cm³/mol. The minimum Gasteiger partial charge on any atom is -0.445 e. The summed E-state index contributed by atoms with van der Waals surface area (Å²) in [7, 11) is 0. The summed E-state index contributed by atoms with van der Waals surface area (Å²) in [5.41, 5.74) is -0.422. The Kier molecular flexibility index (Phi) is 5.57. The van der Waals surface area contributed by atoms with Gasteiger partial charge in [0, 0.05) is 6.54 Å². The van der Waals surface area contributed by atoms with E-state index in [1.54, 1.807) is 9.80 Å². The summed E-state index contributed by atoms with van der Waals surface area (Å²) >= 11 is 0. The van der Waals surface area contributed by atoms with Gasteiger partial charge in [0.1, 0.15) is 17.9 Å². The van der Waals surface area contributed by atoms with Gasteiger partial charge in [-0.1, -0.05) is 30.3 Å². The van der Waals surface area contributed by atoms with Crippen LogP contribution >= 0.6 is 0 Å². The van der Waals surface area contributed by atoms with Gasteiger partial charge in [-0.3, -0.25) is 4.90 Å². The number of fused-ring (bicyclic) bond motifs is 1. The molecule has 28 heavy (non-hydrogen) atoms. The number of benzene rings is 1. The van der Waals surface area contributed by atoms with Gasteiger partial charge in [0.2, 0.25) is 0 Å². The van der Waals surface area contributed by atoms with Crippen molar-refractivity contribution in [2.45, 2.75) is 71.1 Å². The van der Waals surface area contributed by atoms with Crippen molar-refractivity contribution in [1.82, 2.24) is 9.80 Å². The minimum absolute atomic E-state index is 0.122. The maximum atomic E-state index is 12.7. The first-order chi connectivity index (χ1) is 13.1. The van der Waals surface area contributed by atoms with E-state index in [9.17, 15) is 9.59 Å². The second-order valence-corrected chi connectivity index (χ2v) is 8.80. The lowest BCUT2D eigenvalue weighted by atomic mass is 10.0. The van der Waals surface area contributed by atoms with Crippen LogP contribution < -0.4 is 0 Å². The molecule has 2 amide bonds. The van der Waals surface area contributed by atoms with Gasteiger partial charge in [0.15, 0.2) is 0 Å². The number of ether oxygens (including phenoxy) is 3. The number of rotatable bonds is 2. The largest absolute Gasteiger partial charge is 0.445 e. The van der Waals surface area contributed by atoms with Crippen LogP contribution in [0.4, 0.5) is 9.59 Å². The maximum Gasteiger partial charge on any atom is 0.412 e. The molecule has 2 atom stereocenters. The second kappa shape index (κ2) is 7.62. The Morgan fingerprint density at radius 1 is 1.18 bits per heavy atom. The van der Waals surface area contributed by atoms with E-state index in [1.807, 2.05) is 65.0 Å². The molecule has 7 heteroatoms. The van der Waals surface area contributed by atoms with Crippen LogP contribution in [0.3, 0.4) is 0 Å². The third-order valence-corrected chi connectivity index (χ3v) is 4.93. The molecule has 0 bridgehead atoms. The summed E-state index contributed by atoms with van der Waals surface area (Å²) in [5.74, 6) is 0. The van der Waals surface area contributed by atoms with Crippen molar-refractivity contribution in [2.75, 3.05) is 13.1 Å². The second-order valence-electron chi connectivity index (χ2n) is 8.80. The van der Waals surface area contributed by atoms with E-state index in [2.05, 4.69) is 0 Å². The van der Waals surface area contributed by atoms with Crippen molar-refractivity contribution in [1.29, 1.82) is 0 Å². The van der Waals surface area contributed by atoms with Crippen molar-refractivity contribution >= 4 is 12.2 Å². The SMILES string of the molecule is CC(C)(C)OC(=O)N1C2CCN(C(=O)OCc3ccccc3)CC2OC1(C)C. The molecule has 0 radical (unpaired) electrons. The molecule has 2 aliphatic heterocycles. The van der Waals surface area contributed by atoms with E-state index in [-0.39, 0.29) is 30.9 Å². The molecule has 2 unspecified atom stereocenters. The molecule has 2 aliphatic rings. The quantitative estimate of drug-likeness (QED) is 0.769. The van der Waals surface area contributed by atoms with Crippen molar-refractivity contribution in [3.63, 3.8) is 0 Å². The van der Waals surface area contributed by atoms with E-state index in [0.29, 0.717) is 19.5 Å². The van der Waals surface area contributed by atoms with E-state index in [1.165, 1.54) is 0 Å². The van der Waals surface area contributed by atoms with Gasteiger partial charge >= 0.3 is 12.2 Å². The predicted octanol–water partition coefficient (Wildman–Crippen LogP) is 3.77. The molecule has 2 saturated heterocycles. The van der Waals surface area contributed by atoms with Crippen LogP contribution in [-0.2, 0) is 20.8 Å². The average molecular weight is 390 g/mol. The number of carbonyl (C=O) groups excluding carboxylic acids is 2. The van der Waals surface area contributed by atoms with Gasteiger partial charge in [0.05, 0.1) is 18.7 Å². The van der Waals surface area contributed by atoms with Gasteiger partial charge in [-0.25, -0.2) is 9.59 Å². The lowest BCUT2D eigenvalue weighted by molar-refractivity contribution is -0.0814. The molecule has 1 aromatic rings. The Hall–Kier alpha value is -2.28. The number of nitrogens with zero attached hydrogens (tertiary/aromatic N) is 2. The summed E-state index contributed by atoms with van der Waals surface area (Å²) in [6.45, 7) is 10.4. The van der Waals surface area contributed by atoms with Crippen molar-refractivity contribution in [2.24, 2.45) is 0 Å². The van der Waals surface area contributed by atoms with Crippen molar-refractivity contribution < 1.29 is 23.8 Å². The molecule has 0 aromatic heterocycles. The zero-order valence-corrected chi connectivity index (χ0v) is 17.3. The molecular weight excluding hydrogens is 360 g/mol. The molecule has 3 rings (SSSR count). The first-order valence-corrected chi connectivity index (χ1v) is 9.72. The standard InChI is InChI=1S/C21H30N2O5/c1-20(2,3)28-19(25)23-16-11-12-22(13-17(16)27-21(23,4)5)18(24)26-14-15-9-7-6-8-10-15/h6-10,16-17H,11-14H2,1-5H3. The fourth-order valence-electron chi connectivity index (χ4n) is 3.78. The van der Waals surface area contributed by atoms with E-state index in [0.717, 1.165) is 5.56 Å². The van der Waals surface area contributed by atoms with E-state index in [4.69, 9.17) is 14.2 Å². The van der Waals surface area contributed by atoms with Crippen molar-refractivity contribution in [3.8, 4) is 0 Å². The molecule has 7 nitrogen and oxygen atoms in total. The third kappa shape index (κ3) is 4.58. The number of carbonyl (C=O) groups is 2. The summed E-state index contributed by atoms with van der Waals surface area (Å²) in [5, 5.41) is 0. The normalized spacial score (nSPS) is 23.9. The van der Waals surface area contributed by atoms with Crippen LogP contribution in [-0.4, -0.2) is 58.5 Å². The van der Waals surface area contributed by atoms with Crippen LogP contribution in [0, 0.1) is 0 Å². The molecule has 2 heterocycles. The molecule has 1 aromatic carbocycles. The number of piperidine rings is 1. The lowest BCUT2D eigenvalue weighted by Gasteiger charge is -2.37. The number of amides is 2. The van der Waals surface area contributed by atoms with Gasteiger partial charge in [-0.05, 0) is 46.6 Å². The highest BCUT2D eigenvalue weighted by molar-refractivity contribution is 5.71. The Morgan fingerprint density at radius 3 is 2.50 bits per heavy atom. The van der Waals surface area contributed by atoms with Gasteiger partial charge in [-0.2, -0.15) is 0 Å². The smallest absolute Gasteiger partial charge is 0.412 e. The van der Waals surface area contributed by atoms with Crippen molar-refractivity contribution in [3.05, 3.63) is 35.9 Å². The van der Waals surface area contributed by atoms with Gasteiger partial charge in [0.25, 0.3) is 0 Å². The Balaban J connectivity index is 1.61. The zero-order valence-electron chi connectivity index (χ0n) is 17.3. The summed E-state index contributed by atoms with van der Waals surface area (Å²) in [6.07, 6.45) is -0.390. The summed E-state index contributed by atoms with van der Waals surface area (Å²) in [4.78, 5) is 28.5. The van der Waals surface area contributed by atoms with Crippen LogP contribution in [0.1, 0.15) is 46.6 Å². The molecule has 0 saturated carbocycles. The summed E-state index contributed by atoms with van der Waals surface area (Å²) < 4.78 is 17.1. The zero-order chi connectivity index (χ0) is 20.5. The highest BCUT2D eigenvalue weighted by Gasteiger charge is 2.53. The van der Waals surface area contributed by atoms with E-state index < -0.39 is 11.3 Å². The molecule has 0 N–H and O–H groups in total. The Morgan fingerprint density at radius 2 is 1.86 bits per heavy atom. The monoisotopic (exact) mass is 390 g/mol. The van der Waals surface area contributed by atoms with Gasteiger partial charge in [-0.15, -0.1) is 0 Å². The number of hydrogen-bond donors (Lipinski definition) is 0. The highest BCUT2D eigenvalue weighted by Crippen LogP contribution is 2.37. The first kappa shape index (κ1) is 20.5. The van der Waals surface area contributed by atoms with Crippen LogP contribution in [0.15, 0.2) is 30.3 Å². The summed E-state index contributed by atoms with van der Waals surface area (Å²) in [6, 6.07) is 9.46. The average Bonchev–Trinajstić information content (AvgIpc) is 2.87. The molecular formula is C21H30N2O5. The maximum absolute atomic E-state index is 12.7. The van der Waals surface area contributed by atoms with Crippen LogP contribution in [0.5, 0.6) is 0 Å². The molecule has 154 valence electrons. The van der Waals surface area contributed by atoms with E-state index >= 15 is 0 Å². The third-order valence-electron chi connectivity index (χ3n) is 4.93. The topological polar surface area (TPSA) is 68.3 Å². The fraction of sp³-hybridized carbons (Fsp3) is 0.619. The fourth-order valence-corrected chi connectivity index (χ4v) is 3.78. The van der Waals surface area contributed by atoms with Gasteiger partial charge < -0.3 is 19.1 Å². The number of likely N-dealkylation sites (tertiary alicyclic amines) is 1. The Bertz CT molecular complexity index is 713. The highest BCUT2D eigenvalue weighted by atomic mass is 16.6. The van der Waals surface area contributed by atoms with Crippen LogP contribution in [0.2, 0.25) is 0 Å². The van der Waals surface area contributed by atoms with Crippen LogP contribution in [0.25, 0.3) is 0 Å².